The van der Waals surface area contributed by atoms with Gasteiger partial charge in [0.25, 0.3) is 0 Å². The first-order chi connectivity index (χ1) is 18.4. The quantitative estimate of drug-likeness (QED) is 0.259. The summed E-state index contributed by atoms with van der Waals surface area (Å²) < 4.78 is 2.10. The minimum Gasteiger partial charge on any atom is -0.387 e. The number of carbonyl (C=O) groups excluding carboxylic acids is 1. The molecule has 0 radical (unpaired) electrons. The molecule has 6 heteroatoms. The van der Waals surface area contributed by atoms with E-state index in [1.165, 1.54) is 5.56 Å². The van der Waals surface area contributed by atoms with Gasteiger partial charge in [0.05, 0.1) is 12.5 Å². The number of hydrogen-bond donors (Lipinski definition) is 3. The summed E-state index contributed by atoms with van der Waals surface area (Å²) in [5, 5.41) is 17.1. The minimum atomic E-state index is -0.642. The van der Waals surface area contributed by atoms with E-state index >= 15 is 0 Å². The zero-order chi connectivity index (χ0) is 26.9. The molecule has 0 spiro atoms. The van der Waals surface area contributed by atoms with Crippen LogP contribution in [0.4, 0.5) is 0 Å². The van der Waals surface area contributed by atoms with Crippen LogP contribution in [0.15, 0.2) is 85.1 Å². The predicted molar refractivity (Wildman–Crippen MR) is 152 cm³/mol. The van der Waals surface area contributed by atoms with E-state index in [4.69, 9.17) is 0 Å². The van der Waals surface area contributed by atoms with Gasteiger partial charge in [-0.05, 0) is 68.5 Å². The van der Waals surface area contributed by atoms with Crippen molar-refractivity contribution in [1.29, 1.82) is 0 Å². The van der Waals surface area contributed by atoms with Gasteiger partial charge in [0.1, 0.15) is 5.82 Å². The Morgan fingerprint density at radius 1 is 0.921 bits per heavy atom. The molecule has 0 aliphatic heterocycles. The van der Waals surface area contributed by atoms with Crippen molar-refractivity contribution in [2.75, 3.05) is 13.1 Å². The second kappa shape index (κ2) is 13.2. The van der Waals surface area contributed by atoms with Crippen LogP contribution in [0.2, 0.25) is 0 Å². The fourth-order valence-electron chi connectivity index (χ4n) is 4.72. The number of benzene rings is 2. The molecule has 2 atom stereocenters. The largest absolute Gasteiger partial charge is 0.387 e. The highest BCUT2D eigenvalue weighted by molar-refractivity contribution is 5.78. The molecular formula is C32H38N4O2. The number of carbonyl (C=O) groups is 1. The number of nitrogens with zero attached hydrogens (tertiary/aromatic N) is 2. The number of aliphatic hydroxyl groups is 1. The molecule has 0 aliphatic rings. The number of amides is 1. The van der Waals surface area contributed by atoms with Crippen LogP contribution in [-0.4, -0.2) is 39.7 Å². The second-order valence-corrected chi connectivity index (χ2v) is 10.0. The lowest BCUT2D eigenvalue weighted by Crippen LogP contribution is -2.32. The summed E-state index contributed by atoms with van der Waals surface area (Å²) in [5.41, 5.74) is 6.44. The second-order valence-electron chi connectivity index (χ2n) is 10.0. The van der Waals surface area contributed by atoms with Crippen molar-refractivity contribution < 1.29 is 9.90 Å². The molecule has 38 heavy (non-hydrogen) atoms. The molecule has 3 N–H and O–H groups in total. The van der Waals surface area contributed by atoms with Crippen LogP contribution in [0, 0.1) is 13.8 Å². The Morgan fingerprint density at radius 3 is 2.34 bits per heavy atom. The molecule has 1 amide bonds. The summed E-state index contributed by atoms with van der Waals surface area (Å²) in [7, 11) is 0. The SMILES string of the molecule is Cc1ccc(C)n1-c1ccc(C(O)CNC(C)Cc2cccc(CC(=O)NCCc3ccccc3)c2)cn1. The van der Waals surface area contributed by atoms with E-state index in [0.717, 1.165) is 46.7 Å². The van der Waals surface area contributed by atoms with Gasteiger partial charge in [-0.3, -0.25) is 4.79 Å². The van der Waals surface area contributed by atoms with Crippen LogP contribution in [0.1, 0.15) is 46.7 Å². The summed E-state index contributed by atoms with van der Waals surface area (Å²) in [6, 6.07) is 26.5. The summed E-state index contributed by atoms with van der Waals surface area (Å²) in [4.78, 5) is 17.0. The molecule has 2 aromatic carbocycles. The standard InChI is InChI=1S/C32H38N4O2/c1-23(34-22-30(37)29-14-15-31(35-21-29)36-24(2)12-13-25(36)3)18-27-10-7-11-28(19-27)20-32(38)33-17-16-26-8-5-4-6-9-26/h4-15,19,21,23,30,34,37H,16-18,20,22H2,1-3H3,(H,33,38). The van der Waals surface area contributed by atoms with E-state index in [1.807, 2.05) is 42.5 Å². The molecule has 0 bridgehead atoms. The number of aliphatic hydroxyl groups excluding tert-OH is 1. The van der Waals surface area contributed by atoms with Gasteiger partial charge in [0.2, 0.25) is 5.91 Å². The molecule has 2 unspecified atom stereocenters. The third kappa shape index (κ3) is 7.63. The smallest absolute Gasteiger partial charge is 0.224 e. The lowest BCUT2D eigenvalue weighted by molar-refractivity contribution is -0.120. The first-order valence-electron chi connectivity index (χ1n) is 13.3. The average Bonchev–Trinajstić information content (AvgIpc) is 3.25. The van der Waals surface area contributed by atoms with Crippen molar-refractivity contribution in [2.45, 2.75) is 52.2 Å². The number of pyridine rings is 1. The van der Waals surface area contributed by atoms with Gasteiger partial charge < -0.3 is 20.3 Å². The topological polar surface area (TPSA) is 79.2 Å². The van der Waals surface area contributed by atoms with Crippen LogP contribution >= 0.6 is 0 Å². The van der Waals surface area contributed by atoms with Crippen LogP contribution in [0.5, 0.6) is 0 Å². The van der Waals surface area contributed by atoms with Crippen molar-refractivity contribution >= 4 is 5.91 Å². The Kier molecular flexibility index (Phi) is 9.46. The molecular weight excluding hydrogens is 472 g/mol. The number of rotatable bonds is 12. The highest BCUT2D eigenvalue weighted by Crippen LogP contribution is 2.17. The number of aryl methyl sites for hydroxylation is 2. The molecule has 0 saturated carbocycles. The maximum atomic E-state index is 12.4. The first kappa shape index (κ1) is 27.3. The molecule has 0 fully saturated rings. The fourth-order valence-corrected chi connectivity index (χ4v) is 4.72. The monoisotopic (exact) mass is 510 g/mol. The van der Waals surface area contributed by atoms with Gasteiger partial charge >= 0.3 is 0 Å². The van der Waals surface area contributed by atoms with Gasteiger partial charge in [-0.2, -0.15) is 0 Å². The third-order valence-corrected chi connectivity index (χ3v) is 6.79. The van der Waals surface area contributed by atoms with Crippen LogP contribution in [0.3, 0.4) is 0 Å². The van der Waals surface area contributed by atoms with E-state index in [1.54, 1.807) is 6.20 Å². The van der Waals surface area contributed by atoms with Crippen LogP contribution in [0.25, 0.3) is 5.82 Å². The summed E-state index contributed by atoms with van der Waals surface area (Å²) in [6.07, 6.45) is 3.11. The van der Waals surface area contributed by atoms with Gasteiger partial charge in [-0.25, -0.2) is 4.98 Å². The lowest BCUT2D eigenvalue weighted by Gasteiger charge is -2.18. The van der Waals surface area contributed by atoms with Crippen molar-refractivity contribution in [2.24, 2.45) is 0 Å². The molecule has 4 rings (SSSR count). The van der Waals surface area contributed by atoms with Crippen molar-refractivity contribution in [3.05, 3.63) is 119 Å². The maximum Gasteiger partial charge on any atom is 0.224 e. The van der Waals surface area contributed by atoms with E-state index in [-0.39, 0.29) is 11.9 Å². The van der Waals surface area contributed by atoms with Crippen molar-refractivity contribution in [1.82, 2.24) is 20.2 Å². The van der Waals surface area contributed by atoms with Gasteiger partial charge in [0, 0.05) is 42.3 Å². The van der Waals surface area contributed by atoms with E-state index in [0.29, 0.717) is 19.5 Å². The predicted octanol–water partition coefficient (Wildman–Crippen LogP) is 4.64. The Morgan fingerprint density at radius 2 is 1.63 bits per heavy atom. The molecule has 0 aliphatic carbocycles. The summed E-state index contributed by atoms with van der Waals surface area (Å²) in [6.45, 7) is 7.29. The minimum absolute atomic E-state index is 0.0362. The zero-order valence-corrected chi connectivity index (χ0v) is 22.5. The van der Waals surface area contributed by atoms with Gasteiger partial charge in [0.15, 0.2) is 0 Å². The van der Waals surface area contributed by atoms with E-state index in [2.05, 4.69) is 77.4 Å². The molecule has 2 aromatic heterocycles. The molecule has 2 heterocycles. The lowest BCUT2D eigenvalue weighted by atomic mass is 10.0. The highest BCUT2D eigenvalue weighted by atomic mass is 16.3. The maximum absolute atomic E-state index is 12.4. The average molecular weight is 511 g/mol. The van der Waals surface area contributed by atoms with Crippen LogP contribution < -0.4 is 10.6 Å². The van der Waals surface area contributed by atoms with Gasteiger partial charge in [-0.15, -0.1) is 0 Å². The molecule has 0 saturated heterocycles. The highest BCUT2D eigenvalue weighted by Gasteiger charge is 2.13. The van der Waals surface area contributed by atoms with E-state index in [9.17, 15) is 9.90 Å². The number of nitrogens with one attached hydrogen (secondary N) is 2. The molecule has 198 valence electrons. The normalized spacial score (nSPS) is 12.7. The summed E-state index contributed by atoms with van der Waals surface area (Å²) >= 11 is 0. The Hall–Kier alpha value is -3.74. The fraction of sp³-hybridized carbons (Fsp3) is 0.312. The number of aromatic nitrogens is 2. The Bertz CT molecular complexity index is 1300. The number of hydrogen-bond acceptors (Lipinski definition) is 4. The Labute approximate surface area is 225 Å². The zero-order valence-electron chi connectivity index (χ0n) is 22.5. The third-order valence-electron chi connectivity index (χ3n) is 6.79. The molecule has 6 nitrogen and oxygen atoms in total. The summed E-state index contributed by atoms with van der Waals surface area (Å²) in [5.74, 6) is 0.890. The Balaban J connectivity index is 1.22. The van der Waals surface area contributed by atoms with Crippen LogP contribution in [-0.2, 0) is 24.1 Å². The first-order valence-corrected chi connectivity index (χ1v) is 13.3. The van der Waals surface area contributed by atoms with Crippen molar-refractivity contribution in [3.63, 3.8) is 0 Å². The van der Waals surface area contributed by atoms with Crippen molar-refractivity contribution in [3.8, 4) is 5.82 Å². The molecule has 4 aromatic rings. The van der Waals surface area contributed by atoms with Gasteiger partial charge in [-0.1, -0.05) is 60.7 Å². The van der Waals surface area contributed by atoms with E-state index < -0.39 is 6.10 Å².